The number of halogens is 1. The quantitative estimate of drug-likeness (QED) is 0.441. The van der Waals surface area contributed by atoms with Gasteiger partial charge in [0, 0.05) is 16.1 Å². The van der Waals surface area contributed by atoms with Gasteiger partial charge in [0.15, 0.2) is 0 Å². The number of aromatic nitrogens is 6. The number of tetrazole rings is 1. The van der Waals surface area contributed by atoms with Crippen LogP contribution in [-0.4, -0.2) is 42.2 Å². The molecule has 3 N–H and O–H groups in total. The van der Waals surface area contributed by atoms with E-state index in [4.69, 9.17) is 11.6 Å². The summed E-state index contributed by atoms with van der Waals surface area (Å²) in [6, 6.07) is 15.2. The van der Waals surface area contributed by atoms with E-state index in [1.54, 1.807) is 54.6 Å². The van der Waals surface area contributed by atoms with E-state index in [0.717, 1.165) is 5.56 Å². The molecule has 0 saturated heterocycles. The Balaban J connectivity index is 1.37. The first-order chi connectivity index (χ1) is 14.1. The van der Waals surface area contributed by atoms with Crippen LogP contribution in [-0.2, 0) is 0 Å². The van der Waals surface area contributed by atoms with Gasteiger partial charge in [-0.2, -0.15) is 5.10 Å². The summed E-state index contributed by atoms with van der Waals surface area (Å²) in [6.45, 7) is 0. The average Bonchev–Trinajstić information content (AvgIpc) is 3.45. The lowest BCUT2D eigenvalue weighted by molar-refractivity contribution is 0.0844. The van der Waals surface area contributed by atoms with Gasteiger partial charge >= 0.3 is 0 Å². The fraction of sp³-hybridized carbons (Fsp3) is 0. The number of amides is 2. The summed E-state index contributed by atoms with van der Waals surface area (Å²) in [4.78, 5) is 24.5. The normalized spacial score (nSPS) is 10.5. The Bertz CT molecular complexity index is 1140. The number of carbonyl (C=O) groups is 2. The molecule has 2 aromatic carbocycles. The molecule has 4 aromatic rings. The molecule has 2 heterocycles. The molecule has 0 fully saturated rings. The number of hydrogen-bond donors (Lipinski definition) is 3. The number of nitrogens with zero attached hydrogens (tertiary/aromatic N) is 5. The van der Waals surface area contributed by atoms with Crippen LogP contribution in [0.3, 0.4) is 0 Å². The van der Waals surface area contributed by atoms with Crippen LogP contribution in [0.2, 0.25) is 5.02 Å². The third-order valence-corrected chi connectivity index (χ3v) is 4.25. The third kappa shape index (κ3) is 4.12. The summed E-state index contributed by atoms with van der Waals surface area (Å²) in [5.74, 6) is -1.00. The van der Waals surface area contributed by atoms with Crippen molar-refractivity contribution in [3.05, 3.63) is 77.2 Å². The zero-order valence-electron chi connectivity index (χ0n) is 14.7. The first kappa shape index (κ1) is 18.3. The summed E-state index contributed by atoms with van der Waals surface area (Å²) in [7, 11) is 0. The van der Waals surface area contributed by atoms with E-state index >= 15 is 0 Å². The van der Waals surface area contributed by atoms with Gasteiger partial charge in [0.1, 0.15) is 12.0 Å². The SMILES string of the molecule is O=C(NNC(=O)c1cc(-c2ccc(Cl)cc2)n[nH]1)c1ccc(-n2cnnn2)cc1. The zero-order chi connectivity index (χ0) is 20.2. The summed E-state index contributed by atoms with van der Waals surface area (Å²) in [5, 5.41) is 18.2. The van der Waals surface area contributed by atoms with Crippen molar-refractivity contribution in [2.45, 2.75) is 0 Å². The molecule has 0 aliphatic carbocycles. The molecule has 29 heavy (non-hydrogen) atoms. The number of aromatic amines is 1. The van der Waals surface area contributed by atoms with Crippen LogP contribution in [0.4, 0.5) is 0 Å². The van der Waals surface area contributed by atoms with Crippen LogP contribution in [0, 0.1) is 0 Å². The molecule has 2 amide bonds. The van der Waals surface area contributed by atoms with Crippen LogP contribution in [0.15, 0.2) is 60.9 Å². The molecular weight excluding hydrogens is 396 g/mol. The molecular formula is C18H13ClN8O2. The maximum Gasteiger partial charge on any atom is 0.287 e. The van der Waals surface area contributed by atoms with Crippen molar-refractivity contribution in [2.24, 2.45) is 0 Å². The predicted molar refractivity (Wildman–Crippen MR) is 103 cm³/mol. The molecule has 0 radical (unpaired) electrons. The maximum absolute atomic E-state index is 12.2. The molecule has 0 bridgehead atoms. The molecule has 0 unspecified atom stereocenters. The second kappa shape index (κ2) is 7.90. The summed E-state index contributed by atoms with van der Waals surface area (Å²) < 4.78 is 1.46. The standard InChI is InChI=1S/C18H13ClN8O2/c19-13-5-1-11(2-6-13)15-9-16(22-21-15)18(29)24-23-17(28)12-3-7-14(8-4-12)27-10-20-25-26-27/h1-10H,(H,21,22)(H,23,28)(H,24,29). The number of rotatable bonds is 4. The monoisotopic (exact) mass is 408 g/mol. The third-order valence-electron chi connectivity index (χ3n) is 4.00. The van der Waals surface area contributed by atoms with E-state index in [0.29, 0.717) is 22.0 Å². The number of hydrazine groups is 1. The van der Waals surface area contributed by atoms with E-state index < -0.39 is 11.8 Å². The highest BCUT2D eigenvalue weighted by atomic mass is 35.5. The Labute approximate surface area is 168 Å². The van der Waals surface area contributed by atoms with Crippen molar-refractivity contribution < 1.29 is 9.59 Å². The highest BCUT2D eigenvalue weighted by Crippen LogP contribution is 2.20. The number of H-pyrrole nitrogens is 1. The minimum Gasteiger partial charge on any atom is -0.272 e. The lowest BCUT2D eigenvalue weighted by atomic mass is 10.1. The molecule has 0 saturated carbocycles. The maximum atomic E-state index is 12.2. The highest BCUT2D eigenvalue weighted by molar-refractivity contribution is 6.30. The van der Waals surface area contributed by atoms with Crippen molar-refractivity contribution in [1.82, 2.24) is 41.3 Å². The van der Waals surface area contributed by atoms with E-state index in [9.17, 15) is 9.59 Å². The molecule has 0 spiro atoms. The second-order valence-corrected chi connectivity index (χ2v) is 6.32. The highest BCUT2D eigenvalue weighted by Gasteiger charge is 2.13. The Morgan fingerprint density at radius 3 is 2.38 bits per heavy atom. The van der Waals surface area contributed by atoms with Crippen molar-refractivity contribution in [3.8, 4) is 16.9 Å². The van der Waals surface area contributed by atoms with Crippen molar-refractivity contribution in [2.75, 3.05) is 0 Å². The van der Waals surface area contributed by atoms with Gasteiger partial charge in [0.2, 0.25) is 0 Å². The van der Waals surface area contributed by atoms with E-state index in [-0.39, 0.29) is 5.69 Å². The van der Waals surface area contributed by atoms with Crippen LogP contribution < -0.4 is 10.9 Å². The van der Waals surface area contributed by atoms with Gasteiger partial charge in [-0.15, -0.1) is 5.10 Å². The topological polar surface area (TPSA) is 130 Å². The van der Waals surface area contributed by atoms with Crippen LogP contribution in [0.5, 0.6) is 0 Å². The fourth-order valence-electron chi connectivity index (χ4n) is 2.50. The van der Waals surface area contributed by atoms with Crippen LogP contribution >= 0.6 is 11.6 Å². The molecule has 2 aromatic heterocycles. The van der Waals surface area contributed by atoms with Crippen LogP contribution in [0.25, 0.3) is 16.9 Å². The smallest absolute Gasteiger partial charge is 0.272 e. The lowest BCUT2D eigenvalue weighted by Crippen LogP contribution is -2.41. The van der Waals surface area contributed by atoms with Gasteiger partial charge < -0.3 is 0 Å². The minimum atomic E-state index is -0.531. The number of hydrogen-bond acceptors (Lipinski definition) is 6. The van der Waals surface area contributed by atoms with Gasteiger partial charge in [-0.05, 0) is 52.9 Å². The Hall–Kier alpha value is -4.05. The van der Waals surface area contributed by atoms with Gasteiger partial charge in [0.25, 0.3) is 11.8 Å². The fourth-order valence-corrected chi connectivity index (χ4v) is 2.63. The Kier molecular flexibility index (Phi) is 4.99. The Morgan fingerprint density at radius 1 is 0.966 bits per heavy atom. The van der Waals surface area contributed by atoms with Gasteiger partial charge in [-0.25, -0.2) is 4.68 Å². The van der Waals surface area contributed by atoms with E-state index in [1.165, 1.54) is 11.0 Å². The van der Waals surface area contributed by atoms with Gasteiger partial charge in [0.05, 0.1) is 11.4 Å². The van der Waals surface area contributed by atoms with Crippen molar-refractivity contribution >= 4 is 23.4 Å². The van der Waals surface area contributed by atoms with E-state index in [1.807, 2.05) is 0 Å². The summed E-state index contributed by atoms with van der Waals surface area (Å²) >= 11 is 5.87. The number of nitrogens with one attached hydrogen (secondary N) is 3. The lowest BCUT2D eigenvalue weighted by Gasteiger charge is -2.07. The zero-order valence-corrected chi connectivity index (χ0v) is 15.5. The average molecular weight is 409 g/mol. The molecule has 11 heteroatoms. The first-order valence-corrected chi connectivity index (χ1v) is 8.73. The molecule has 10 nitrogen and oxygen atoms in total. The van der Waals surface area contributed by atoms with E-state index in [2.05, 4.69) is 36.6 Å². The number of carbonyl (C=O) groups excluding carboxylic acids is 2. The summed E-state index contributed by atoms with van der Waals surface area (Å²) in [5.41, 5.74) is 7.33. The molecule has 0 atom stereocenters. The molecule has 0 aliphatic heterocycles. The molecule has 0 aliphatic rings. The molecule has 144 valence electrons. The van der Waals surface area contributed by atoms with Crippen LogP contribution in [0.1, 0.15) is 20.8 Å². The van der Waals surface area contributed by atoms with Crippen molar-refractivity contribution in [1.29, 1.82) is 0 Å². The second-order valence-electron chi connectivity index (χ2n) is 5.88. The van der Waals surface area contributed by atoms with Gasteiger partial charge in [-0.3, -0.25) is 25.5 Å². The predicted octanol–water partition coefficient (Wildman–Crippen LogP) is 1.78. The Morgan fingerprint density at radius 2 is 1.69 bits per heavy atom. The first-order valence-electron chi connectivity index (χ1n) is 8.35. The summed E-state index contributed by atoms with van der Waals surface area (Å²) in [6.07, 6.45) is 1.44. The minimum absolute atomic E-state index is 0.198. The largest absolute Gasteiger partial charge is 0.287 e. The van der Waals surface area contributed by atoms with Gasteiger partial charge in [-0.1, -0.05) is 23.7 Å². The number of benzene rings is 2. The van der Waals surface area contributed by atoms with Crippen molar-refractivity contribution in [3.63, 3.8) is 0 Å². The molecule has 4 rings (SSSR count).